The molecule has 4 atom stereocenters. The number of rotatable bonds is 10. The summed E-state index contributed by atoms with van der Waals surface area (Å²) < 4.78 is 30.4. The van der Waals surface area contributed by atoms with Crippen LogP contribution in [0.1, 0.15) is 71.0 Å². The minimum absolute atomic E-state index is 0.158. The van der Waals surface area contributed by atoms with Crippen LogP contribution in [-0.4, -0.2) is 57.4 Å². The largest absolute Gasteiger partial charge is 0.480 e. The zero-order chi connectivity index (χ0) is 23.7. The number of aromatic nitrogens is 1. The summed E-state index contributed by atoms with van der Waals surface area (Å²) in [6, 6.07) is 1.73. The predicted octanol–water partition coefficient (Wildman–Crippen LogP) is 2.47. The van der Waals surface area contributed by atoms with Crippen LogP contribution in [-0.2, 0) is 29.0 Å². The van der Waals surface area contributed by atoms with E-state index in [4.69, 9.17) is 4.74 Å². The minimum atomic E-state index is -4.05. The summed E-state index contributed by atoms with van der Waals surface area (Å²) in [5.41, 5.74) is 0.400. The van der Waals surface area contributed by atoms with Gasteiger partial charge in [-0.05, 0) is 26.3 Å². The Bertz CT molecular complexity index is 977. The van der Waals surface area contributed by atoms with Crippen LogP contribution in [0.3, 0.4) is 0 Å². The molecule has 0 aliphatic carbocycles. The summed E-state index contributed by atoms with van der Waals surface area (Å²) in [5.74, 6) is -3.76. The fourth-order valence-corrected chi connectivity index (χ4v) is 6.91. The summed E-state index contributed by atoms with van der Waals surface area (Å²) in [5, 5.41) is 8.25. The van der Waals surface area contributed by atoms with Gasteiger partial charge in [-0.15, -0.1) is 0 Å². The van der Waals surface area contributed by atoms with Gasteiger partial charge in [0.05, 0.1) is 4.75 Å². The van der Waals surface area contributed by atoms with Gasteiger partial charge in [-0.2, -0.15) is 0 Å². The van der Waals surface area contributed by atoms with Crippen molar-refractivity contribution in [3.8, 4) is 0 Å². The second-order valence-electron chi connectivity index (χ2n) is 8.91. The van der Waals surface area contributed by atoms with Gasteiger partial charge in [-0.25, -0.2) is 13.2 Å². The van der Waals surface area contributed by atoms with Crippen LogP contribution in [0.4, 0.5) is 0 Å². The van der Waals surface area contributed by atoms with Crippen molar-refractivity contribution in [2.24, 2.45) is 5.92 Å². The Kier molecular flexibility index (Phi) is 6.92. The van der Waals surface area contributed by atoms with Crippen molar-refractivity contribution in [3.05, 3.63) is 30.1 Å². The number of nitrogens with zero attached hydrogens (tertiary/aromatic N) is 2. The molecule has 9 nitrogen and oxygen atoms in total. The second kappa shape index (κ2) is 9.17. The van der Waals surface area contributed by atoms with Gasteiger partial charge in [0.1, 0.15) is 18.1 Å². The van der Waals surface area contributed by atoms with Crippen molar-refractivity contribution in [2.45, 2.75) is 81.6 Å². The van der Waals surface area contributed by atoms with Crippen molar-refractivity contribution < 1.29 is 32.6 Å². The monoisotopic (exact) mass is 466 g/mol. The first-order chi connectivity index (χ1) is 15.1. The molecule has 3 rings (SSSR count). The van der Waals surface area contributed by atoms with Crippen molar-refractivity contribution in [1.29, 1.82) is 0 Å². The van der Waals surface area contributed by atoms with Gasteiger partial charge < -0.3 is 14.7 Å². The Morgan fingerprint density at radius 1 is 1.25 bits per heavy atom. The first kappa shape index (κ1) is 24.2. The molecule has 176 valence electrons. The van der Waals surface area contributed by atoms with Gasteiger partial charge >= 0.3 is 11.9 Å². The highest BCUT2D eigenvalue weighted by atomic mass is 32.2. The molecule has 1 aromatic rings. The van der Waals surface area contributed by atoms with Crippen molar-refractivity contribution in [2.75, 3.05) is 0 Å². The smallest absolute Gasteiger partial charge is 0.328 e. The number of fused-ring (bicyclic) bond motifs is 1. The highest BCUT2D eigenvalue weighted by Gasteiger charge is 2.73. The third kappa shape index (κ3) is 4.00. The number of amides is 1. The lowest BCUT2D eigenvalue weighted by Gasteiger charge is -2.45. The van der Waals surface area contributed by atoms with E-state index in [1.54, 1.807) is 12.1 Å². The van der Waals surface area contributed by atoms with Crippen molar-refractivity contribution in [3.63, 3.8) is 0 Å². The van der Waals surface area contributed by atoms with Crippen molar-refractivity contribution >= 4 is 27.7 Å². The number of carboxylic acid groups (broad SMARTS) is 1. The topological polar surface area (TPSA) is 131 Å². The average Bonchev–Trinajstić information content (AvgIpc) is 2.88. The van der Waals surface area contributed by atoms with Crippen LogP contribution < -0.4 is 0 Å². The molecular weight excluding hydrogens is 436 g/mol. The van der Waals surface area contributed by atoms with E-state index in [1.807, 2.05) is 0 Å². The van der Waals surface area contributed by atoms with Gasteiger partial charge in [-0.3, -0.25) is 14.6 Å². The molecule has 2 fully saturated rings. The first-order valence-corrected chi connectivity index (χ1v) is 12.5. The fraction of sp³-hybridized carbons (Fsp3) is 0.636. The number of aliphatic carboxylic acids is 1. The summed E-state index contributed by atoms with van der Waals surface area (Å²) in [6.45, 7) is 4.72. The van der Waals surface area contributed by atoms with Crippen LogP contribution in [0, 0.1) is 5.92 Å². The van der Waals surface area contributed by atoms with Gasteiger partial charge in [0, 0.05) is 24.4 Å². The molecule has 2 saturated heterocycles. The maximum absolute atomic E-state index is 13.2. The third-order valence-corrected chi connectivity index (χ3v) is 9.27. The SMILES string of the molecule is CCCCCCCC(=O)O[C@H](c1cccnc1)[C@@H]1C(=O)N2[C@@H](C(=O)O)C(C)(C)S(=O)(=O)[C@H]12. The van der Waals surface area contributed by atoms with Crippen LogP contribution in [0.15, 0.2) is 24.5 Å². The van der Waals surface area contributed by atoms with Crippen LogP contribution in [0.25, 0.3) is 0 Å². The molecule has 0 radical (unpaired) electrons. The molecule has 2 aliphatic heterocycles. The molecule has 0 spiro atoms. The molecule has 0 bridgehead atoms. The lowest BCUT2D eigenvalue weighted by molar-refractivity contribution is -0.176. The second-order valence-corrected chi connectivity index (χ2v) is 11.5. The highest BCUT2D eigenvalue weighted by molar-refractivity contribution is 7.93. The molecule has 1 N–H and O–H groups in total. The summed E-state index contributed by atoms with van der Waals surface area (Å²) in [6.07, 6.45) is 6.64. The van der Waals surface area contributed by atoms with Gasteiger partial charge in [0.2, 0.25) is 5.91 Å². The van der Waals surface area contributed by atoms with E-state index in [0.29, 0.717) is 12.0 Å². The zero-order valence-electron chi connectivity index (χ0n) is 18.6. The molecule has 10 heteroatoms. The lowest BCUT2D eigenvalue weighted by Crippen LogP contribution is -2.65. The number of pyridine rings is 1. The quantitative estimate of drug-likeness (QED) is 0.316. The highest BCUT2D eigenvalue weighted by Crippen LogP contribution is 2.52. The number of esters is 1. The Labute approximate surface area is 188 Å². The molecule has 3 heterocycles. The summed E-state index contributed by atoms with van der Waals surface area (Å²) >= 11 is 0. The summed E-state index contributed by atoms with van der Waals surface area (Å²) in [7, 11) is -4.05. The number of sulfone groups is 1. The molecule has 0 saturated carbocycles. The van der Waals surface area contributed by atoms with Gasteiger partial charge in [0.15, 0.2) is 15.2 Å². The van der Waals surface area contributed by atoms with Crippen LogP contribution in [0.2, 0.25) is 0 Å². The van der Waals surface area contributed by atoms with E-state index in [9.17, 15) is 27.9 Å². The van der Waals surface area contributed by atoms with Crippen LogP contribution >= 0.6 is 0 Å². The standard InChI is InChI=1S/C22H30N2O7S/c1-4-5-6-7-8-11-15(25)31-17(14-10-9-12-23-13-14)16-19(26)24-18(21(27)28)22(2,3)32(29,30)20(16)24/h9-10,12-13,16-18,20H,4-8,11H2,1-3H3,(H,27,28)/t16-,17-,18+,20-/m1/s1. The number of β-lactam (4-membered cyclic amide) rings is 1. The number of carboxylic acids is 1. The number of carbonyl (C=O) groups excluding carboxylic acids is 2. The van der Waals surface area contributed by atoms with E-state index in [2.05, 4.69) is 11.9 Å². The number of hydrogen-bond donors (Lipinski definition) is 1. The lowest BCUT2D eigenvalue weighted by atomic mass is 9.85. The molecule has 1 aromatic heterocycles. The molecule has 2 aliphatic rings. The Morgan fingerprint density at radius 2 is 1.94 bits per heavy atom. The first-order valence-electron chi connectivity index (χ1n) is 10.9. The number of carbonyl (C=O) groups is 3. The fourth-order valence-electron chi connectivity index (χ4n) is 4.59. The van der Waals surface area contributed by atoms with E-state index < -0.39 is 55.9 Å². The van der Waals surface area contributed by atoms with Gasteiger partial charge in [0.25, 0.3) is 0 Å². The van der Waals surface area contributed by atoms with E-state index in [0.717, 1.165) is 30.6 Å². The Balaban J connectivity index is 1.86. The van der Waals surface area contributed by atoms with Gasteiger partial charge in [-0.1, -0.05) is 38.7 Å². The predicted molar refractivity (Wildman–Crippen MR) is 115 cm³/mol. The average molecular weight is 467 g/mol. The molecule has 1 amide bonds. The van der Waals surface area contributed by atoms with E-state index >= 15 is 0 Å². The minimum Gasteiger partial charge on any atom is -0.480 e. The maximum Gasteiger partial charge on any atom is 0.328 e. The normalized spacial score (nSPS) is 26.2. The van der Waals surface area contributed by atoms with E-state index in [-0.39, 0.29) is 6.42 Å². The van der Waals surface area contributed by atoms with Crippen LogP contribution in [0.5, 0.6) is 0 Å². The number of hydrogen-bond acceptors (Lipinski definition) is 7. The maximum atomic E-state index is 13.2. The van der Waals surface area contributed by atoms with E-state index in [1.165, 1.54) is 26.2 Å². The zero-order valence-corrected chi connectivity index (χ0v) is 19.4. The van der Waals surface area contributed by atoms with Crippen molar-refractivity contribution in [1.82, 2.24) is 9.88 Å². The number of ether oxygens (including phenoxy) is 1. The molecule has 0 aromatic carbocycles. The number of unbranched alkanes of at least 4 members (excludes halogenated alkanes) is 4. The Morgan fingerprint density at radius 3 is 2.53 bits per heavy atom. The molecule has 0 unspecified atom stereocenters. The Hall–Kier alpha value is -2.49. The summed E-state index contributed by atoms with van der Waals surface area (Å²) in [4.78, 5) is 42.3. The molecular formula is C22H30N2O7S. The third-order valence-electron chi connectivity index (χ3n) is 6.42. The molecule has 32 heavy (non-hydrogen) atoms.